The smallest absolute Gasteiger partial charge is 0.0855 e. The minimum atomic E-state index is 0.322. The summed E-state index contributed by atoms with van der Waals surface area (Å²) in [7, 11) is 2.05. The van der Waals surface area contributed by atoms with Gasteiger partial charge in [-0.05, 0) is 32.0 Å². The first-order chi connectivity index (χ1) is 9.33. The van der Waals surface area contributed by atoms with E-state index in [9.17, 15) is 0 Å². The third-order valence-electron chi connectivity index (χ3n) is 4.03. The molecule has 1 aromatic carbocycles. The van der Waals surface area contributed by atoms with Crippen molar-refractivity contribution < 1.29 is 4.74 Å². The molecule has 1 heterocycles. The summed E-state index contributed by atoms with van der Waals surface area (Å²) in [6, 6.07) is 11.1. The standard InChI is InChI=1S/C16H26N2O/c1-3-18-11-12-19-16(13-18)15(17-2)10-9-14-7-5-4-6-8-14/h4-8,15-17H,3,9-13H2,1-2H3. The van der Waals surface area contributed by atoms with Crippen molar-refractivity contribution in [3.8, 4) is 0 Å². The lowest BCUT2D eigenvalue weighted by molar-refractivity contribution is -0.0449. The predicted molar refractivity (Wildman–Crippen MR) is 79.5 cm³/mol. The Morgan fingerprint density at radius 2 is 2.16 bits per heavy atom. The molecule has 3 heteroatoms. The summed E-state index contributed by atoms with van der Waals surface area (Å²) in [5, 5.41) is 3.43. The van der Waals surface area contributed by atoms with E-state index in [1.54, 1.807) is 0 Å². The van der Waals surface area contributed by atoms with Crippen LogP contribution < -0.4 is 5.32 Å². The van der Waals surface area contributed by atoms with Crippen LogP contribution in [0.4, 0.5) is 0 Å². The Morgan fingerprint density at radius 3 is 2.84 bits per heavy atom. The van der Waals surface area contributed by atoms with Crippen LogP contribution in [0, 0.1) is 0 Å². The Kier molecular flexibility index (Phi) is 5.83. The molecule has 19 heavy (non-hydrogen) atoms. The van der Waals surface area contributed by atoms with Gasteiger partial charge in [0.1, 0.15) is 0 Å². The second kappa shape index (κ2) is 7.63. The van der Waals surface area contributed by atoms with Crippen LogP contribution in [0.2, 0.25) is 0 Å². The summed E-state index contributed by atoms with van der Waals surface area (Å²) in [5.74, 6) is 0. The maximum absolute atomic E-state index is 5.95. The number of ether oxygens (including phenoxy) is 1. The number of morpholine rings is 1. The largest absolute Gasteiger partial charge is 0.374 e. The zero-order valence-corrected chi connectivity index (χ0v) is 12.1. The third-order valence-corrected chi connectivity index (χ3v) is 4.03. The van der Waals surface area contributed by atoms with Gasteiger partial charge in [0.15, 0.2) is 0 Å². The first kappa shape index (κ1) is 14.5. The summed E-state index contributed by atoms with van der Waals surface area (Å²) >= 11 is 0. The number of nitrogens with one attached hydrogen (secondary N) is 1. The zero-order valence-electron chi connectivity index (χ0n) is 12.1. The highest BCUT2D eigenvalue weighted by atomic mass is 16.5. The molecule has 2 rings (SSSR count). The normalized spacial score (nSPS) is 22.3. The third kappa shape index (κ3) is 4.30. The van der Waals surface area contributed by atoms with Gasteiger partial charge < -0.3 is 10.1 Å². The second-order valence-corrected chi connectivity index (χ2v) is 5.22. The van der Waals surface area contributed by atoms with Crippen LogP contribution in [0.5, 0.6) is 0 Å². The van der Waals surface area contributed by atoms with Gasteiger partial charge in [0.05, 0.1) is 12.7 Å². The molecule has 0 radical (unpaired) electrons. The monoisotopic (exact) mass is 262 g/mol. The first-order valence-electron chi connectivity index (χ1n) is 7.38. The first-order valence-corrected chi connectivity index (χ1v) is 7.38. The quantitative estimate of drug-likeness (QED) is 0.848. The van der Waals surface area contributed by atoms with E-state index >= 15 is 0 Å². The van der Waals surface area contributed by atoms with Gasteiger partial charge in [-0.1, -0.05) is 37.3 Å². The van der Waals surface area contributed by atoms with E-state index in [1.165, 1.54) is 5.56 Å². The van der Waals surface area contributed by atoms with Crippen LogP contribution in [-0.2, 0) is 11.2 Å². The SMILES string of the molecule is CCN1CCOC(C(CCc2ccccc2)NC)C1. The van der Waals surface area contributed by atoms with Crippen molar-refractivity contribution in [1.82, 2.24) is 10.2 Å². The van der Waals surface area contributed by atoms with E-state index in [-0.39, 0.29) is 0 Å². The van der Waals surface area contributed by atoms with Gasteiger partial charge in [0.25, 0.3) is 0 Å². The van der Waals surface area contributed by atoms with Crippen molar-refractivity contribution in [3.05, 3.63) is 35.9 Å². The minimum absolute atomic E-state index is 0.322. The number of rotatable bonds is 6. The molecular weight excluding hydrogens is 236 g/mol. The molecule has 0 amide bonds. The summed E-state index contributed by atoms with van der Waals surface area (Å²) < 4.78 is 5.95. The van der Waals surface area contributed by atoms with Crippen molar-refractivity contribution in [2.45, 2.75) is 31.9 Å². The van der Waals surface area contributed by atoms with Gasteiger partial charge in [-0.25, -0.2) is 0 Å². The number of benzene rings is 1. The number of hydrogen-bond acceptors (Lipinski definition) is 3. The van der Waals surface area contributed by atoms with Crippen LogP contribution in [-0.4, -0.2) is 50.3 Å². The van der Waals surface area contributed by atoms with Gasteiger partial charge in [-0.15, -0.1) is 0 Å². The lowest BCUT2D eigenvalue weighted by Gasteiger charge is -2.36. The summed E-state index contributed by atoms with van der Waals surface area (Å²) in [6.07, 6.45) is 2.56. The molecular formula is C16H26N2O. The average Bonchev–Trinajstić information content (AvgIpc) is 2.49. The van der Waals surface area contributed by atoms with Crippen molar-refractivity contribution in [2.24, 2.45) is 0 Å². The molecule has 1 aliphatic heterocycles. The molecule has 1 aliphatic rings. The number of aryl methyl sites for hydroxylation is 1. The van der Waals surface area contributed by atoms with Gasteiger partial charge in [0.2, 0.25) is 0 Å². The fourth-order valence-corrected chi connectivity index (χ4v) is 2.75. The van der Waals surface area contributed by atoms with Crippen LogP contribution in [0.3, 0.4) is 0 Å². The Bertz CT molecular complexity index is 355. The summed E-state index contributed by atoms with van der Waals surface area (Å²) in [5.41, 5.74) is 1.41. The molecule has 3 nitrogen and oxygen atoms in total. The predicted octanol–water partition coefficient (Wildman–Crippen LogP) is 1.93. The highest BCUT2D eigenvalue weighted by Crippen LogP contribution is 2.14. The minimum Gasteiger partial charge on any atom is -0.374 e. The summed E-state index contributed by atoms with van der Waals surface area (Å²) in [4.78, 5) is 2.47. The maximum atomic E-state index is 5.95. The van der Waals surface area contributed by atoms with E-state index in [1.807, 2.05) is 7.05 Å². The zero-order chi connectivity index (χ0) is 13.5. The molecule has 0 saturated carbocycles. The van der Waals surface area contributed by atoms with Crippen molar-refractivity contribution in [3.63, 3.8) is 0 Å². The maximum Gasteiger partial charge on any atom is 0.0855 e. The van der Waals surface area contributed by atoms with Gasteiger partial charge in [-0.3, -0.25) is 4.90 Å². The Balaban J connectivity index is 1.85. The number of likely N-dealkylation sites (N-methyl/N-ethyl adjacent to an activating group) is 2. The van der Waals surface area contributed by atoms with E-state index in [4.69, 9.17) is 4.74 Å². The van der Waals surface area contributed by atoms with Gasteiger partial charge in [-0.2, -0.15) is 0 Å². The van der Waals surface area contributed by atoms with Crippen molar-refractivity contribution in [2.75, 3.05) is 33.3 Å². The van der Waals surface area contributed by atoms with Crippen LogP contribution in [0.1, 0.15) is 18.9 Å². The van der Waals surface area contributed by atoms with E-state index in [2.05, 4.69) is 47.5 Å². The molecule has 1 N–H and O–H groups in total. The van der Waals surface area contributed by atoms with Crippen molar-refractivity contribution in [1.29, 1.82) is 0 Å². The van der Waals surface area contributed by atoms with E-state index in [0.29, 0.717) is 12.1 Å². The van der Waals surface area contributed by atoms with Gasteiger partial charge >= 0.3 is 0 Å². The molecule has 0 bridgehead atoms. The highest BCUT2D eigenvalue weighted by molar-refractivity contribution is 5.14. The highest BCUT2D eigenvalue weighted by Gasteiger charge is 2.26. The molecule has 2 atom stereocenters. The fraction of sp³-hybridized carbons (Fsp3) is 0.625. The van der Waals surface area contributed by atoms with Crippen LogP contribution in [0.25, 0.3) is 0 Å². The Labute approximate surface area is 116 Å². The van der Waals surface area contributed by atoms with E-state index < -0.39 is 0 Å². The number of nitrogens with zero attached hydrogens (tertiary/aromatic N) is 1. The van der Waals surface area contributed by atoms with Crippen LogP contribution in [0.15, 0.2) is 30.3 Å². The summed E-state index contributed by atoms with van der Waals surface area (Å²) in [6.45, 7) is 6.33. The molecule has 106 valence electrons. The molecule has 0 spiro atoms. The molecule has 0 aromatic heterocycles. The van der Waals surface area contributed by atoms with Crippen molar-refractivity contribution >= 4 is 0 Å². The lowest BCUT2D eigenvalue weighted by Crippen LogP contribution is -2.51. The molecule has 1 aromatic rings. The van der Waals surface area contributed by atoms with E-state index in [0.717, 1.165) is 39.1 Å². The molecule has 2 unspecified atom stereocenters. The fourth-order valence-electron chi connectivity index (χ4n) is 2.75. The number of hydrogen-bond donors (Lipinski definition) is 1. The molecule has 0 aliphatic carbocycles. The van der Waals surface area contributed by atoms with Gasteiger partial charge in [0, 0.05) is 19.1 Å². The molecule has 1 saturated heterocycles. The lowest BCUT2D eigenvalue weighted by atomic mass is 10.00. The average molecular weight is 262 g/mol. The molecule has 1 fully saturated rings. The topological polar surface area (TPSA) is 24.5 Å². The Morgan fingerprint density at radius 1 is 1.37 bits per heavy atom. The van der Waals surface area contributed by atoms with Crippen LogP contribution >= 0.6 is 0 Å². The second-order valence-electron chi connectivity index (χ2n) is 5.22. The Hall–Kier alpha value is -0.900.